The fourth-order valence-corrected chi connectivity index (χ4v) is 6.64. The molecule has 0 aliphatic carbocycles. The van der Waals surface area contributed by atoms with Crippen LogP contribution in [0.5, 0.6) is 5.75 Å². The van der Waals surface area contributed by atoms with Crippen LogP contribution in [-0.2, 0) is 39.8 Å². The molecule has 0 amide bonds. The fraction of sp³-hybridized carbons (Fsp3) is 0.611. The van der Waals surface area contributed by atoms with Gasteiger partial charge in [0.25, 0.3) is 10.1 Å². The summed E-state index contributed by atoms with van der Waals surface area (Å²) in [6.45, 7) is 13.3. The standard InChI is InChI=1S/C36H52Br2O8S/c1-8-9-10-11-12-13-15-29(33(39)45-35(2,3)4)30(34(40)46-36(5,6)7)24-26-16-21-32(31(38)25-26)43-22-14-23-44-47(41,42)28-19-17-27(37)18-20-28/h16-21,25,29-30H,8-15,22-24H2,1-7H3. The van der Waals surface area contributed by atoms with Crippen LogP contribution in [0.1, 0.15) is 105 Å². The zero-order valence-corrected chi connectivity index (χ0v) is 32.9. The summed E-state index contributed by atoms with van der Waals surface area (Å²) in [4.78, 5) is 27.3. The minimum atomic E-state index is -3.86. The third kappa shape index (κ3) is 15.9. The third-order valence-corrected chi connectivity index (χ3v) is 9.59. The molecular formula is C36H52Br2O8S. The zero-order chi connectivity index (χ0) is 35.3. The van der Waals surface area contributed by atoms with E-state index < -0.39 is 39.1 Å². The molecule has 8 nitrogen and oxygen atoms in total. The monoisotopic (exact) mass is 802 g/mol. The first-order valence-electron chi connectivity index (χ1n) is 16.4. The van der Waals surface area contributed by atoms with E-state index in [9.17, 15) is 18.0 Å². The first-order chi connectivity index (χ1) is 21.9. The third-order valence-electron chi connectivity index (χ3n) is 7.11. The maximum Gasteiger partial charge on any atom is 0.310 e. The molecule has 0 heterocycles. The van der Waals surface area contributed by atoms with Crippen molar-refractivity contribution in [1.29, 1.82) is 0 Å². The Balaban J connectivity index is 2.14. The molecule has 47 heavy (non-hydrogen) atoms. The van der Waals surface area contributed by atoms with Crippen molar-refractivity contribution in [2.24, 2.45) is 11.8 Å². The quantitative estimate of drug-likeness (QED) is 0.0786. The van der Waals surface area contributed by atoms with Crippen molar-refractivity contribution in [2.75, 3.05) is 13.2 Å². The van der Waals surface area contributed by atoms with E-state index in [0.717, 1.165) is 42.1 Å². The highest BCUT2D eigenvalue weighted by Crippen LogP contribution is 2.32. The van der Waals surface area contributed by atoms with Gasteiger partial charge in [0, 0.05) is 10.9 Å². The van der Waals surface area contributed by atoms with Crippen LogP contribution in [0, 0.1) is 11.8 Å². The van der Waals surface area contributed by atoms with Crippen LogP contribution in [-0.4, -0.2) is 44.8 Å². The second kappa shape index (κ2) is 19.3. The van der Waals surface area contributed by atoms with Gasteiger partial charge in [0.1, 0.15) is 17.0 Å². The summed E-state index contributed by atoms with van der Waals surface area (Å²) in [5.74, 6) is -1.63. The number of unbranched alkanes of at least 4 members (excludes halogenated alkanes) is 5. The van der Waals surface area contributed by atoms with Crippen molar-refractivity contribution in [1.82, 2.24) is 0 Å². The Morgan fingerprint density at radius 3 is 1.89 bits per heavy atom. The number of rotatable bonds is 19. The molecule has 0 aliphatic rings. The van der Waals surface area contributed by atoms with Gasteiger partial charge in [0.2, 0.25) is 0 Å². The van der Waals surface area contributed by atoms with Crippen molar-refractivity contribution in [2.45, 2.75) is 122 Å². The van der Waals surface area contributed by atoms with Crippen LogP contribution in [0.3, 0.4) is 0 Å². The highest BCUT2D eigenvalue weighted by molar-refractivity contribution is 9.10. The second-order valence-electron chi connectivity index (χ2n) is 13.7. The van der Waals surface area contributed by atoms with Crippen molar-refractivity contribution in [3.8, 4) is 5.75 Å². The van der Waals surface area contributed by atoms with E-state index in [0.29, 0.717) is 23.1 Å². The Bertz CT molecular complexity index is 1380. The summed E-state index contributed by atoms with van der Waals surface area (Å²) in [6, 6.07) is 11.8. The first kappa shape index (κ1) is 41.2. The van der Waals surface area contributed by atoms with Crippen LogP contribution in [0.25, 0.3) is 0 Å². The highest BCUT2D eigenvalue weighted by atomic mass is 79.9. The van der Waals surface area contributed by atoms with Gasteiger partial charge in [-0.25, -0.2) is 0 Å². The SMILES string of the molecule is CCCCCCCCC(C(=O)OC(C)(C)C)C(Cc1ccc(OCCCOS(=O)(=O)c2ccc(Br)cc2)c(Br)c1)C(=O)OC(C)(C)C. The topological polar surface area (TPSA) is 105 Å². The second-order valence-corrected chi connectivity index (χ2v) is 17.1. The maximum atomic E-state index is 13.7. The molecule has 0 saturated heterocycles. The molecule has 0 saturated carbocycles. The summed E-state index contributed by atoms with van der Waals surface area (Å²) >= 11 is 6.86. The number of ether oxygens (including phenoxy) is 3. The van der Waals surface area contributed by atoms with Gasteiger partial charge in [-0.3, -0.25) is 13.8 Å². The number of hydrogen-bond acceptors (Lipinski definition) is 8. The number of benzene rings is 2. The van der Waals surface area contributed by atoms with E-state index in [1.807, 2.05) is 53.7 Å². The van der Waals surface area contributed by atoms with Gasteiger partial charge in [-0.1, -0.05) is 67.4 Å². The molecule has 11 heteroatoms. The van der Waals surface area contributed by atoms with Gasteiger partial charge in [-0.2, -0.15) is 8.42 Å². The minimum absolute atomic E-state index is 0.0314. The van der Waals surface area contributed by atoms with Gasteiger partial charge in [0.05, 0.1) is 34.4 Å². The van der Waals surface area contributed by atoms with E-state index in [4.69, 9.17) is 18.4 Å². The van der Waals surface area contributed by atoms with Crippen LogP contribution < -0.4 is 4.74 Å². The van der Waals surface area contributed by atoms with Gasteiger partial charge in [-0.05, 0) is 112 Å². The summed E-state index contributed by atoms with van der Waals surface area (Å²) in [5.41, 5.74) is -0.570. The molecule has 0 spiro atoms. The number of hydrogen-bond donors (Lipinski definition) is 0. The summed E-state index contributed by atoms with van der Waals surface area (Å²) in [7, 11) is -3.86. The van der Waals surface area contributed by atoms with Gasteiger partial charge >= 0.3 is 11.9 Å². The fourth-order valence-electron chi connectivity index (χ4n) is 4.89. The normalized spacial score (nSPS) is 13.6. The molecule has 2 aromatic carbocycles. The van der Waals surface area contributed by atoms with Crippen molar-refractivity contribution in [3.05, 3.63) is 57.0 Å². The van der Waals surface area contributed by atoms with Gasteiger partial charge in [-0.15, -0.1) is 0 Å². The van der Waals surface area contributed by atoms with Crippen molar-refractivity contribution >= 4 is 53.9 Å². The number of carbonyl (C=O) groups excluding carboxylic acids is 2. The van der Waals surface area contributed by atoms with Crippen molar-refractivity contribution < 1.29 is 36.4 Å². The summed E-state index contributed by atoms with van der Waals surface area (Å²) in [5, 5.41) is 0. The maximum absolute atomic E-state index is 13.7. The Hall–Kier alpha value is -1.95. The molecule has 264 valence electrons. The highest BCUT2D eigenvalue weighted by Gasteiger charge is 2.38. The Morgan fingerprint density at radius 2 is 1.32 bits per heavy atom. The summed E-state index contributed by atoms with van der Waals surface area (Å²) < 4.78 is 49.0. The lowest BCUT2D eigenvalue weighted by molar-refractivity contribution is -0.173. The average molecular weight is 805 g/mol. The molecule has 0 N–H and O–H groups in total. The van der Waals surface area contributed by atoms with E-state index >= 15 is 0 Å². The average Bonchev–Trinajstić information content (AvgIpc) is 2.95. The molecule has 0 fully saturated rings. The molecule has 2 unspecified atom stereocenters. The summed E-state index contributed by atoms with van der Waals surface area (Å²) in [6.07, 6.45) is 7.57. The molecule has 0 radical (unpaired) electrons. The molecule has 0 aliphatic heterocycles. The van der Waals surface area contributed by atoms with Crippen LogP contribution in [0.4, 0.5) is 0 Å². The smallest absolute Gasteiger partial charge is 0.310 e. The molecule has 2 rings (SSSR count). The van der Waals surface area contributed by atoms with Crippen LogP contribution >= 0.6 is 31.9 Å². The van der Waals surface area contributed by atoms with Crippen LogP contribution in [0.2, 0.25) is 0 Å². The first-order valence-corrected chi connectivity index (χ1v) is 19.4. The van der Waals surface area contributed by atoms with E-state index in [2.05, 4.69) is 38.8 Å². The zero-order valence-electron chi connectivity index (χ0n) is 28.9. The molecule has 0 aromatic heterocycles. The molecular weight excluding hydrogens is 752 g/mol. The predicted molar refractivity (Wildman–Crippen MR) is 192 cm³/mol. The van der Waals surface area contributed by atoms with Gasteiger partial charge in [0.15, 0.2) is 0 Å². The molecule has 2 atom stereocenters. The number of halogens is 2. The molecule has 0 bridgehead atoms. The van der Waals surface area contributed by atoms with Crippen molar-refractivity contribution in [3.63, 3.8) is 0 Å². The Morgan fingerprint density at radius 1 is 0.745 bits per heavy atom. The Labute approximate surface area is 299 Å². The Kier molecular flexibility index (Phi) is 16.9. The largest absolute Gasteiger partial charge is 0.492 e. The van der Waals surface area contributed by atoms with E-state index in [1.54, 1.807) is 18.2 Å². The van der Waals surface area contributed by atoms with Crippen LogP contribution in [0.15, 0.2) is 56.3 Å². The lowest BCUT2D eigenvalue weighted by Crippen LogP contribution is -2.39. The number of esters is 2. The van der Waals surface area contributed by atoms with Gasteiger partial charge < -0.3 is 14.2 Å². The minimum Gasteiger partial charge on any atom is -0.492 e. The predicted octanol–water partition coefficient (Wildman–Crippen LogP) is 9.59. The lowest BCUT2D eigenvalue weighted by atomic mass is 9.83. The number of carbonyl (C=O) groups is 2. The molecule has 2 aromatic rings. The van der Waals surface area contributed by atoms with E-state index in [-0.39, 0.29) is 30.5 Å². The van der Waals surface area contributed by atoms with E-state index in [1.165, 1.54) is 18.6 Å². The lowest BCUT2D eigenvalue weighted by Gasteiger charge is -2.30.